The molecule has 0 aliphatic carbocycles. The number of aryl methyl sites for hydroxylation is 2. The summed E-state index contributed by atoms with van der Waals surface area (Å²) < 4.78 is 55.3. The predicted octanol–water partition coefficient (Wildman–Crippen LogP) is 5.58. The van der Waals surface area contributed by atoms with Crippen molar-refractivity contribution < 1.29 is 32.2 Å². The number of nitrogens with zero attached hydrogens (tertiary/aromatic N) is 3. The number of nitriles is 1. The van der Waals surface area contributed by atoms with Crippen LogP contribution in [-0.4, -0.2) is 35.9 Å². The van der Waals surface area contributed by atoms with Crippen molar-refractivity contribution in [2.75, 3.05) is 25.1 Å². The van der Waals surface area contributed by atoms with Gasteiger partial charge in [0.05, 0.1) is 6.61 Å². The van der Waals surface area contributed by atoms with Crippen molar-refractivity contribution in [3.05, 3.63) is 63.7 Å². The molecule has 0 spiro atoms. The molecule has 1 amide bonds. The number of carbonyl (C=O) groups is 1. The van der Waals surface area contributed by atoms with Crippen LogP contribution in [0, 0.1) is 25.2 Å². The lowest BCUT2D eigenvalue weighted by atomic mass is 10.1. The molecule has 3 aromatic rings. The van der Waals surface area contributed by atoms with Gasteiger partial charge in [-0.2, -0.15) is 18.4 Å². The zero-order valence-electron chi connectivity index (χ0n) is 20.2. The van der Waals surface area contributed by atoms with Gasteiger partial charge >= 0.3 is 6.18 Å². The Bertz CT molecular complexity index is 1330. The zero-order chi connectivity index (χ0) is 27.0. The summed E-state index contributed by atoms with van der Waals surface area (Å²) in [5.74, 6) is 0.679. The van der Waals surface area contributed by atoms with Crippen LogP contribution < -0.4 is 19.5 Å². The molecule has 1 N–H and O–H groups in total. The quantitative estimate of drug-likeness (QED) is 0.207. The number of aromatic nitrogens is 2. The minimum Gasteiger partial charge on any atom is -0.490 e. The van der Waals surface area contributed by atoms with Crippen LogP contribution in [0.4, 0.5) is 18.3 Å². The molecule has 0 radical (unpaired) electrons. The van der Waals surface area contributed by atoms with Crippen molar-refractivity contribution in [3.63, 3.8) is 0 Å². The first-order chi connectivity index (χ1) is 17.6. The molecule has 8 nitrogen and oxygen atoms in total. The van der Waals surface area contributed by atoms with Gasteiger partial charge in [0.2, 0.25) is 10.1 Å². The van der Waals surface area contributed by atoms with E-state index in [1.54, 1.807) is 31.2 Å². The largest absolute Gasteiger partial charge is 0.490 e. The topological polar surface area (TPSA) is 106 Å². The number of benzene rings is 2. The molecule has 1 aromatic heterocycles. The van der Waals surface area contributed by atoms with E-state index < -0.39 is 17.1 Å². The van der Waals surface area contributed by atoms with E-state index in [1.165, 1.54) is 6.08 Å². The second-order valence-corrected chi connectivity index (χ2v) is 8.62. The molecule has 0 atom stereocenters. The van der Waals surface area contributed by atoms with Gasteiger partial charge in [-0.15, -0.1) is 10.2 Å². The molecule has 12 heteroatoms. The number of ether oxygens (including phenoxy) is 3. The van der Waals surface area contributed by atoms with E-state index in [2.05, 4.69) is 15.5 Å². The van der Waals surface area contributed by atoms with E-state index >= 15 is 0 Å². The molecule has 0 aliphatic heterocycles. The standard InChI is InChI=1S/C25H23F3N4O4S/c1-4-34-21-13-17(6-8-20(21)36-10-9-35-19-7-5-15(2)11-16(19)3)12-18(14-29)22(33)30-24-32-31-23(37-24)25(26,27)28/h5-8,11-13H,4,9-10H2,1-3H3,(H,30,32,33)/b18-12-. The van der Waals surface area contributed by atoms with E-state index in [0.29, 0.717) is 30.3 Å². The number of alkyl halides is 3. The fourth-order valence-corrected chi connectivity index (χ4v) is 3.74. The van der Waals surface area contributed by atoms with Crippen molar-refractivity contribution in [3.8, 4) is 23.3 Å². The number of hydrogen-bond acceptors (Lipinski definition) is 8. The Morgan fingerprint density at radius 3 is 2.38 bits per heavy atom. The third kappa shape index (κ3) is 7.68. The van der Waals surface area contributed by atoms with Gasteiger partial charge in [-0.1, -0.05) is 35.1 Å². The molecule has 0 saturated carbocycles. The highest BCUT2D eigenvalue weighted by molar-refractivity contribution is 7.15. The number of halogens is 3. The summed E-state index contributed by atoms with van der Waals surface area (Å²) in [6.07, 6.45) is -3.41. The second kappa shape index (κ2) is 12.2. The van der Waals surface area contributed by atoms with Gasteiger partial charge in [0.1, 0.15) is 30.6 Å². The summed E-state index contributed by atoms with van der Waals surface area (Å²) in [7, 11) is 0. The molecular weight excluding hydrogens is 509 g/mol. The molecule has 1 heterocycles. The Morgan fingerprint density at radius 2 is 1.76 bits per heavy atom. The Hall–Kier alpha value is -4.11. The van der Waals surface area contributed by atoms with Gasteiger partial charge in [0, 0.05) is 0 Å². The van der Waals surface area contributed by atoms with Crippen LogP contribution >= 0.6 is 11.3 Å². The van der Waals surface area contributed by atoms with E-state index in [-0.39, 0.29) is 28.6 Å². The summed E-state index contributed by atoms with van der Waals surface area (Å²) in [6, 6.07) is 12.5. The monoisotopic (exact) mass is 532 g/mol. The van der Waals surface area contributed by atoms with E-state index in [0.717, 1.165) is 16.9 Å². The minimum absolute atomic E-state index is 0.160. The summed E-state index contributed by atoms with van der Waals surface area (Å²) >= 11 is 0.160. The number of carbonyl (C=O) groups excluding carboxylic acids is 1. The zero-order valence-corrected chi connectivity index (χ0v) is 21.0. The smallest absolute Gasteiger partial charge is 0.445 e. The van der Waals surface area contributed by atoms with Crippen molar-refractivity contribution in [1.29, 1.82) is 5.26 Å². The summed E-state index contributed by atoms with van der Waals surface area (Å²) in [6.45, 7) is 6.65. The van der Waals surface area contributed by atoms with Crippen molar-refractivity contribution in [2.24, 2.45) is 0 Å². The Kier molecular flexibility index (Phi) is 9.08. The first kappa shape index (κ1) is 27.5. The van der Waals surface area contributed by atoms with Crippen LogP contribution in [0.5, 0.6) is 17.2 Å². The van der Waals surface area contributed by atoms with Crippen molar-refractivity contribution in [1.82, 2.24) is 10.2 Å². The number of nitrogens with one attached hydrogen (secondary N) is 1. The van der Waals surface area contributed by atoms with Gasteiger partial charge in [0.15, 0.2) is 11.5 Å². The first-order valence-corrected chi connectivity index (χ1v) is 11.9. The van der Waals surface area contributed by atoms with Crippen molar-refractivity contribution >= 4 is 28.5 Å². The molecule has 194 valence electrons. The Labute approximate surface area is 215 Å². The number of anilines is 1. The molecule has 0 fully saturated rings. The highest BCUT2D eigenvalue weighted by Gasteiger charge is 2.35. The molecule has 37 heavy (non-hydrogen) atoms. The summed E-state index contributed by atoms with van der Waals surface area (Å²) in [5.41, 5.74) is 2.27. The summed E-state index contributed by atoms with van der Waals surface area (Å²) in [5, 5.41) is 16.3. The number of amides is 1. The third-order valence-corrected chi connectivity index (χ3v) is 5.64. The molecule has 0 bridgehead atoms. The van der Waals surface area contributed by atoms with E-state index in [9.17, 15) is 23.2 Å². The van der Waals surface area contributed by atoms with Crippen LogP contribution in [-0.2, 0) is 11.0 Å². The highest BCUT2D eigenvalue weighted by Crippen LogP contribution is 2.33. The lowest BCUT2D eigenvalue weighted by Gasteiger charge is -2.14. The molecule has 2 aromatic carbocycles. The van der Waals surface area contributed by atoms with Crippen LogP contribution in [0.25, 0.3) is 6.08 Å². The molecule has 0 unspecified atom stereocenters. The average molecular weight is 533 g/mol. The van der Waals surface area contributed by atoms with Gasteiger partial charge in [0.25, 0.3) is 5.91 Å². The van der Waals surface area contributed by atoms with Crippen LogP contribution in [0.15, 0.2) is 42.0 Å². The molecule has 0 saturated heterocycles. The molecule has 3 rings (SSSR count). The SMILES string of the molecule is CCOc1cc(/C=C(/C#N)C(=O)Nc2nnc(C(F)(F)F)s2)ccc1OCCOc1ccc(C)cc1C. The van der Waals surface area contributed by atoms with E-state index in [4.69, 9.17) is 14.2 Å². The maximum atomic E-state index is 12.7. The number of rotatable bonds is 10. The minimum atomic E-state index is -4.68. The lowest BCUT2D eigenvalue weighted by molar-refractivity contribution is -0.138. The predicted molar refractivity (Wildman–Crippen MR) is 132 cm³/mol. The van der Waals surface area contributed by atoms with Gasteiger partial charge in [-0.3, -0.25) is 10.1 Å². The fourth-order valence-electron chi connectivity index (χ4n) is 3.13. The van der Waals surface area contributed by atoms with Crippen LogP contribution in [0.2, 0.25) is 0 Å². The fraction of sp³-hybridized carbons (Fsp3) is 0.280. The summed E-state index contributed by atoms with van der Waals surface area (Å²) in [4.78, 5) is 12.4. The third-order valence-electron chi connectivity index (χ3n) is 4.76. The Balaban J connectivity index is 1.67. The normalized spacial score (nSPS) is 11.5. The van der Waals surface area contributed by atoms with Gasteiger partial charge < -0.3 is 14.2 Å². The van der Waals surface area contributed by atoms with E-state index in [1.807, 2.05) is 32.0 Å². The maximum absolute atomic E-state index is 12.7. The molecule has 0 aliphatic rings. The van der Waals surface area contributed by atoms with Gasteiger partial charge in [-0.05, 0) is 56.2 Å². The van der Waals surface area contributed by atoms with Gasteiger partial charge in [-0.25, -0.2) is 0 Å². The first-order valence-electron chi connectivity index (χ1n) is 11.0. The lowest BCUT2D eigenvalue weighted by Crippen LogP contribution is -2.13. The average Bonchev–Trinajstić information content (AvgIpc) is 3.31. The van der Waals surface area contributed by atoms with Crippen LogP contribution in [0.1, 0.15) is 28.6 Å². The highest BCUT2D eigenvalue weighted by atomic mass is 32.1. The Morgan fingerprint density at radius 1 is 1.05 bits per heavy atom. The molecular formula is C25H23F3N4O4S. The number of hydrogen-bond donors (Lipinski definition) is 1. The maximum Gasteiger partial charge on any atom is 0.445 e. The van der Waals surface area contributed by atoms with Crippen molar-refractivity contribution in [2.45, 2.75) is 26.9 Å². The second-order valence-electron chi connectivity index (χ2n) is 7.64. The van der Waals surface area contributed by atoms with Crippen LogP contribution in [0.3, 0.4) is 0 Å².